The summed E-state index contributed by atoms with van der Waals surface area (Å²) in [5.74, 6) is 0.769. The molecule has 0 saturated carbocycles. The molecule has 2 amide bonds. The topological polar surface area (TPSA) is 32.8 Å². The van der Waals surface area contributed by atoms with Crippen LogP contribution < -0.4 is 0 Å². The standard InChI is InChI=1S/C13H24N2O2/c1-3-12-10-17-9-8-15(12)13(16)14-6-4-11(2)5-7-14/h11-12H,3-10H2,1-2H3. The normalized spacial score (nSPS) is 27.3. The lowest BCUT2D eigenvalue weighted by Gasteiger charge is -2.40. The molecular formula is C13H24N2O2. The number of likely N-dealkylation sites (tertiary alicyclic amines) is 1. The van der Waals surface area contributed by atoms with Crippen molar-refractivity contribution in [3.63, 3.8) is 0 Å². The first-order valence-electron chi connectivity index (χ1n) is 6.85. The fourth-order valence-corrected chi connectivity index (χ4v) is 2.63. The SMILES string of the molecule is CCC1COCCN1C(=O)N1CCC(C)CC1. The Morgan fingerprint density at radius 3 is 2.65 bits per heavy atom. The number of carbonyl (C=O) groups is 1. The highest BCUT2D eigenvalue weighted by molar-refractivity contribution is 5.75. The van der Waals surface area contributed by atoms with Gasteiger partial charge in [-0.25, -0.2) is 4.79 Å². The molecule has 1 atom stereocenters. The van der Waals surface area contributed by atoms with Crippen LogP contribution in [-0.4, -0.2) is 54.7 Å². The summed E-state index contributed by atoms with van der Waals surface area (Å²) in [4.78, 5) is 16.5. The first kappa shape index (κ1) is 12.7. The molecule has 98 valence electrons. The van der Waals surface area contributed by atoms with Crippen LogP contribution in [0.4, 0.5) is 4.79 Å². The number of carbonyl (C=O) groups excluding carboxylic acids is 1. The second-order valence-corrected chi connectivity index (χ2v) is 5.28. The van der Waals surface area contributed by atoms with Crippen LogP contribution >= 0.6 is 0 Å². The summed E-state index contributed by atoms with van der Waals surface area (Å²) in [5, 5.41) is 0. The highest BCUT2D eigenvalue weighted by Gasteiger charge is 2.30. The first-order chi connectivity index (χ1) is 8.22. The lowest BCUT2D eigenvalue weighted by atomic mass is 9.99. The van der Waals surface area contributed by atoms with Gasteiger partial charge in [0.1, 0.15) is 0 Å². The summed E-state index contributed by atoms with van der Waals surface area (Å²) >= 11 is 0. The maximum atomic E-state index is 12.4. The number of nitrogens with zero attached hydrogens (tertiary/aromatic N) is 2. The van der Waals surface area contributed by atoms with Crippen molar-refractivity contribution < 1.29 is 9.53 Å². The smallest absolute Gasteiger partial charge is 0.320 e. The van der Waals surface area contributed by atoms with E-state index in [2.05, 4.69) is 13.8 Å². The van der Waals surface area contributed by atoms with Crippen LogP contribution in [0.3, 0.4) is 0 Å². The molecule has 0 N–H and O–H groups in total. The lowest BCUT2D eigenvalue weighted by molar-refractivity contribution is 0.000913. The maximum Gasteiger partial charge on any atom is 0.320 e. The van der Waals surface area contributed by atoms with Crippen LogP contribution in [0.5, 0.6) is 0 Å². The first-order valence-corrected chi connectivity index (χ1v) is 6.85. The average molecular weight is 240 g/mol. The van der Waals surface area contributed by atoms with Gasteiger partial charge in [0.05, 0.1) is 19.3 Å². The third-order valence-corrected chi connectivity index (χ3v) is 4.00. The number of morpholine rings is 1. The van der Waals surface area contributed by atoms with Crippen LogP contribution in [0.25, 0.3) is 0 Å². The molecule has 0 aromatic rings. The minimum absolute atomic E-state index is 0.229. The van der Waals surface area contributed by atoms with E-state index >= 15 is 0 Å². The van der Waals surface area contributed by atoms with Gasteiger partial charge < -0.3 is 14.5 Å². The largest absolute Gasteiger partial charge is 0.377 e. The molecule has 2 aliphatic heterocycles. The Kier molecular flexibility index (Phi) is 4.26. The number of piperidine rings is 1. The summed E-state index contributed by atoms with van der Waals surface area (Å²) < 4.78 is 5.45. The van der Waals surface area contributed by atoms with E-state index in [4.69, 9.17) is 4.74 Å². The Morgan fingerprint density at radius 1 is 1.29 bits per heavy atom. The van der Waals surface area contributed by atoms with Gasteiger partial charge in [-0.1, -0.05) is 13.8 Å². The van der Waals surface area contributed by atoms with E-state index in [1.54, 1.807) is 0 Å². The zero-order valence-corrected chi connectivity index (χ0v) is 11.0. The summed E-state index contributed by atoms with van der Waals surface area (Å²) in [5.41, 5.74) is 0. The molecule has 2 fully saturated rings. The Balaban J connectivity index is 1.93. The fraction of sp³-hybridized carbons (Fsp3) is 0.923. The van der Waals surface area contributed by atoms with Crippen molar-refractivity contribution in [1.82, 2.24) is 9.80 Å². The predicted octanol–water partition coefficient (Wildman–Crippen LogP) is 1.95. The average Bonchev–Trinajstić information content (AvgIpc) is 2.39. The number of amides is 2. The number of rotatable bonds is 1. The van der Waals surface area contributed by atoms with Crippen LogP contribution in [-0.2, 0) is 4.74 Å². The zero-order valence-electron chi connectivity index (χ0n) is 11.0. The minimum Gasteiger partial charge on any atom is -0.377 e. The number of hydrogen-bond donors (Lipinski definition) is 0. The molecule has 0 aromatic heterocycles. The Morgan fingerprint density at radius 2 is 2.00 bits per heavy atom. The minimum atomic E-state index is 0.229. The second-order valence-electron chi connectivity index (χ2n) is 5.28. The van der Waals surface area contributed by atoms with Crippen molar-refractivity contribution in [1.29, 1.82) is 0 Å². The Hall–Kier alpha value is -0.770. The molecular weight excluding hydrogens is 216 g/mol. The van der Waals surface area contributed by atoms with Gasteiger partial charge in [0.15, 0.2) is 0 Å². The van der Waals surface area contributed by atoms with E-state index in [0.717, 1.165) is 44.8 Å². The number of ether oxygens (including phenoxy) is 1. The van der Waals surface area contributed by atoms with E-state index in [1.807, 2.05) is 9.80 Å². The van der Waals surface area contributed by atoms with E-state index in [-0.39, 0.29) is 12.1 Å². The molecule has 2 heterocycles. The maximum absolute atomic E-state index is 12.4. The summed E-state index contributed by atoms with van der Waals surface area (Å²) in [6.07, 6.45) is 3.27. The summed E-state index contributed by atoms with van der Waals surface area (Å²) in [6.45, 7) is 8.38. The number of hydrogen-bond acceptors (Lipinski definition) is 2. The highest BCUT2D eigenvalue weighted by atomic mass is 16.5. The third kappa shape index (κ3) is 2.92. The monoisotopic (exact) mass is 240 g/mol. The Bertz CT molecular complexity index is 262. The summed E-state index contributed by atoms with van der Waals surface area (Å²) in [7, 11) is 0. The molecule has 4 heteroatoms. The van der Waals surface area contributed by atoms with Gasteiger partial charge in [-0.05, 0) is 25.2 Å². The van der Waals surface area contributed by atoms with E-state index < -0.39 is 0 Å². The van der Waals surface area contributed by atoms with Crippen molar-refractivity contribution >= 4 is 6.03 Å². The van der Waals surface area contributed by atoms with Gasteiger partial charge in [-0.3, -0.25) is 0 Å². The van der Waals surface area contributed by atoms with Crippen LogP contribution in [0, 0.1) is 5.92 Å². The van der Waals surface area contributed by atoms with Crippen molar-refractivity contribution in [2.24, 2.45) is 5.92 Å². The van der Waals surface area contributed by atoms with Gasteiger partial charge in [-0.2, -0.15) is 0 Å². The number of urea groups is 1. The highest BCUT2D eigenvalue weighted by Crippen LogP contribution is 2.19. The Labute approximate surface area is 104 Å². The quantitative estimate of drug-likeness (QED) is 0.702. The van der Waals surface area contributed by atoms with Crippen molar-refractivity contribution in [2.75, 3.05) is 32.8 Å². The van der Waals surface area contributed by atoms with Crippen LogP contribution in [0.15, 0.2) is 0 Å². The van der Waals surface area contributed by atoms with Crippen LogP contribution in [0.1, 0.15) is 33.1 Å². The van der Waals surface area contributed by atoms with Crippen molar-refractivity contribution in [3.05, 3.63) is 0 Å². The van der Waals surface area contributed by atoms with Gasteiger partial charge in [0.25, 0.3) is 0 Å². The predicted molar refractivity (Wildman–Crippen MR) is 67.0 cm³/mol. The van der Waals surface area contributed by atoms with E-state index in [0.29, 0.717) is 13.2 Å². The van der Waals surface area contributed by atoms with Crippen molar-refractivity contribution in [2.45, 2.75) is 39.2 Å². The molecule has 4 nitrogen and oxygen atoms in total. The zero-order chi connectivity index (χ0) is 12.3. The molecule has 0 bridgehead atoms. The van der Waals surface area contributed by atoms with Gasteiger partial charge in [0, 0.05) is 19.6 Å². The van der Waals surface area contributed by atoms with Crippen LogP contribution in [0.2, 0.25) is 0 Å². The fourth-order valence-electron chi connectivity index (χ4n) is 2.63. The molecule has 0 spiro atoms. The molecule has 1 unspecified atom stereocenters. The molecule has 17 heavy (non-hydrogen) atoms. The molecule has 0 radical (unpaired) electrons. The molecule has 0 aromatic carbocycles. The molecule has 2 saturated heterocycles. The molecule has 2 aliphatic rings. The molecule has 2 rings (SSSR count). The third-order valence-electron chi connectivity index (χ3n) is 4.00. The van der Waals surface area contributed by atoms with Gasteiger partial charge in [-0.15, -0.1) is 0 Å². The second kappa shape index (κ2) is 5.71. The van der Waals surface area contributed by atoms with Crippen molar-refractivity contribution in [3.8, 4) is 0 Å². The van der Waals surface area contributed by atoms with Gasteiger partial charge >= 0.3 is 6.03 Å². The molecule has 0 aliphatic carbocycles. The van der Waals surface area contributed by atoms with E-state index in [1.165, 1.54) is 0 Å². The summed E-state index contributed by atoms with van der Waals surface area (Å²) in [6, 6.07) is 0.502. The lowest BCUT2D eigenvalue weighted by Crippen LogP contribution is -2.54. The van der Waals surface area contributed by atoms with E-state index in [9.17, 15) is 4.79 Å². The van der Waals surface area contributed by atoms with Gasteiger partial charge in [0.2, 0.25) is 0 Å².